The van der Waals surface area contributed by atoms with Gasteiger partial charge in [0.2, 0.25) is 0 Å². The Hall–Kier alpha value is -2.16. The van der Waals surface area contributed by atoms with E-state index in [0.717, 1.165) is 11.1 Å². The summed E-state index contributed by atoms with van der Waals surface area (Å²) in [6, 6.07) is 9.32. The number of nitrogens with zero attached hydrogens (tertiary/aromatic N) is 1. The highest BCUT2D eigenvalue weighted by atomic mass is 16.1. The van der Waals surface area contributed by atoms with Gasteiger partial charge in [-0.15, -0.1) is 0 Å². The molecule has 2 aromatic rings. The van der Waals surface area contributed by atoms with Gasteiger partial charge in [0.25, 0.3) is 5.56 Å². The zero-order chi connectivity index (χ0) is 14.0. The van der Waals surface area contributed by atoms with Crippen LogP contribution in [0.3, 0.4) is 0 Å². The van der Waals surface area contributed by atoms with E-state index in [-0.39, 0.29) is 17.9 Å². The maximum Gasteiger partial charge on any atom is 0.253 e. The predicted molar refractivity (Wildman–Crippen MR) is 75.7 cm³/mol. The topological polar surface area (TPSA) is 39.1 Å². The van der Waals surface area contributed by atoms with Crippen molar-refractivity contribution < 1.29 is 4.79 Å². The number of hydrogen-bond donors (Lipinski definition) is 0. The standard InChI is InChI=1S/C16H17NO2/c1-11-6-7-12(2)14(9-11)15(18)10-17-8-4-5-13(3)16(17)19/h4-9H,10H2,1-3H3. The zero-order valence-corrected chi connectivity index (χ0v) is 11.4. The van der Waals surface area contributed by atoms with Crippen molar-refractivity contribution in [2.45, 2.75) is 27.3 Å². The Kier molecular flexibility index (Phi) is 3.65. The molecule has 0 amide bonds. The van der Waals surface area contributed by atoms with Crippen LogP contribution in [0.1, 0.15) is 27.0 Å². The van der Waals surface area contributed by atoms with Crippen LogP contribution in [0.2, 0.25) is 0 Å². The second-order valence-electron chi connectivity index (χ2n) is 4.87. The Morgan fingerprint density at radius 3 is 2.58 bits per heavy atom. The van der Waals surface area contributed by atoms with Gasteiger partial charge in [0.05, 0.1) is 6.54 Å². The van der Waals surface area contributed by atoms with Crippen molar-refractivity contribution in [2.75, 3.05) is 0 Å². The summed E-state index contributed by atoms with van der Waals surface area (Å²) in [4.78, 5) is 24.2. The van der Waals surface area contributed by atoms with Crippen molar-refractivity contribution >= 4 is 5.78 Å². The fourth-order valence-electron chi connectivity index (χ4n) is 2.06. The third kappa shape index (κ3) is 2.81. The molecule has 3 nitrogen and oxygen atoms in total. The number of hydrogen-bond acceptors (Lipinski definition) is 2. The molecule has 0 N–H and O–H groups in total. The van der Waals surface area contributed by atoms with Crippen molar-refractivity contribution in [2.24, 2.45) is 0 Å². The van der Waals surface area contributed by atoms with E-state index in [1.165, 1.54) is 4.57 Å². The van der Waals surface area contributed by atoms with Gasteiger partial charge in [-0.2, -0.15) is 0 Å². The molecule has 0 bridgehead atoms. The van der Waals surface area contributed by atoms with E-state index in [4.69, 9.17) is 0 Å². The first kappa shape index (κ1) is 13.3. The van der Waals surface area contributed by atoms with Crippen LogP contribution in [-0.4, -0.2) is 10.4 Å². The number of aryl methyl sites for hydroxylation is 3. The summed E-state index contributed by atoms with van der Waals surface area (Å²) in [7, 11) is 0. The van der Waals surface area contributed by atoms with Crippen molar-refractivity contribution in [1.29, 1.82) is 0 Å². The van der Waals surface area contributed by atoms with Crippen molar-refractivity contribution in [3.63, 3.8) is 0 Å². The van der Waals surface area contributed by atoms with Crippen LogP contribution in [0.4, 0.5) is 0 Å². The number of pyridine rings is 1. The Labute approximate surface area is 112 Å². The summed E-state index contributed by atoms with van der Waals surface area (Å²) in [6.07, 6.45) is 1.65. The van der Waals surface area contributed by atoms with Gasteiger partial charge in [0.15, 0.2) is 5.78 Å². The minimum Gasteiger partial charge on any atom is -0.308 e. The normalized spacial score (nSPS) is 10.5. The number of carbonyl (C=O) groups excluding carboxylic acids is 1. The molecule has 98 valence electrons. The van der Waals surface area contributed by atoms with E-state index in [1.54, 1.807) is 25.3 Å². The summed E-state index contributed by atoms with van der Waals surface area (Å²) in [5, 5.41) is 0. The largest absolute Gasteiger partial charge is 0.308 e. The van der Waals surface area contributed by atoms with E-state index < -0.39 is 0 Å². The molecule has 0 aliphatic carbocycles. The maximum absolute atomic E-state index is 12.3. The summed E-state index contributed by atoms with van der Waals surface area (Å²) >= 11 is 0. The van der Waals surface area contributed by atoms with Crippen molar-refractivity contribution in [1.82, 2.24) is 4.57 Å². The van der Waals surface area contributed by atoms with Crippen LogP contribution in [0, 0.1) is 20.8 Å². The SMILES string of the molecule is Cc1ccc(C)c(C(=O)Cn2cccc(C)c2=O)c1. The van der Waals surface area contributed by atoms with Crippen LogP contribution in [0.5, 0.6) is 0 Å². The van der Waals surface area contributed by atoms with Gasteiger partial charge in [-0.05, 0) is 38.5 Å². The van der Waals surface area contributed by atoms with Crippen molar-refractivity contribution in [3.8, 4) is 0 Å². The molecule has 0 aliphatic rings. The van der Waals surface area contributed by atoms with Gasteiger partial charge in [-0.3, -0.25) is 9.59 Å². The molecule has 1 aromatic carbocycles. The van der Waals surface area contributed by atoms with E-state index in [9.17, 15) is 9.59 Å². The lowest BCUT2D eigenvalue weighted by Gasteiger charge is -2.08. The molecule has 0 saturated heterocycles. The molecule has 0 fully saturated rings. The molecule has 0 aliphatic heterocycles. The lowest BCUT2D eigenvalue weighted by atomic mass is 10.0. The molecule has 2 rings (SSSR count). The zero-order valence-electron chi connectivity index (χ0n) is 11.4. The molecule has 0 spiro atoms. The van der Waals surface area contributed by atoms with Gasteiger partial charge < -0.3 is 4.57 Å². The predicted octanol–water partition coefficient (Wildman–Crippen LogP) is 2.66. The molecule has 0 radical (unpaired) electrons. The summed E-state index contributed by atoms with van der Waals surface area (Å²) in [5.74, 6) is -0.0334. The smallest absolute Gasteiger partial charge is 0.253 e. The molecule has 0 unspecified atom stereocenters. The van der Waals surface area contributed by atoms with Gasteiger partial charge >= 0.3 is 0 Å². The first-order valence-electron chi connectivity index (χ1n) is 6.25. The highest BCUT2D eigenvalue weighted by molar-refractivity contribution is 5.97. The fourth-order valence-corrected chi connectivity index (χ4v) is 2.06. The Balaban J connectivity index is 2.33. The first-order chi connectivity index (χ1) is 8.99. The van der Waals surface area contributed by atoms with Crippen molar-refractivity contribution in [3.05, 3.63) is 69.1 Å². The Bertz CT molecular complexity index is 683. The van der Waals surface area contributed by atoms with Gasteiger partial charge in [-0.1, -0.05) is 23.8 Å². The van der Waals surface area contributed by atoms with Gasteiger partial charge in [-0.25, -0.2) is 0 Å². The fraction of sp³-hybridized carbons (Fsp3) is 0.250. The Morgan fingerprint density at radius 1 is 1.11 bits per heavy atom. The number of rotatable bonds is 3. The molecule has 1 heterocycles. The lowest BCUT2D eigenvalue weighted by molar-refractivity contribution is 0.0970. The maximum atomic E-state index is 12.3. The van der Waals surface area contributed by atoms with E-state index in [1.807, 2.05) is 32.0 Å². The number of aromatic nitrogens is 1. The minimum atomic E-state index is -0.110. The highest BCUT2D eigenvalue weighted by Crippen LogP contribution is 2.12. The molecule has 19 heavy (non-hydrogen) atoms. The van der Waals surface area contributed by atoms with E-state index >= 15 is 0 Å². The van der Waals surface area contributed by atoms with E-state index in [2.05, 4.69) is 0 Å². The van der Waals surface area contributed by atoms with E-state index in [0.29, 0.717) is 11.1 Å². The molecular formula is C16H17NO2. The molecule has 0 saturated carbocycles. The molecule has 1 aromatic heterocycles. The monoisotopic (exact) mass is 255 g/mol. The van der Waals surface area contributed by atoms with Crippen LogP contribution in [0.25, 0.3) is 0 Å². The van der Waals surface area contributed by atoms with Crippen LogP contribution >= 0.6 is 0 Å². The highest BCUT2D eigenvalue weighted by Gasteiger charge is 2.11. The molecule has 0 atom stereocenters. The van der Waals surface area contributed by atoms with Crippen LogP contribution in [0.15, 0.2) is 41.3 Å². The second-order valence-corrected chi connectivity index (χ2v) is 4.87. The molecular weight excluding hydrogens is 238 g/mol. The minimum absolute atomic E-state index is 0.0334. The number of ketones is 1. The lowest BCUT2D eigenvalue weighted by Crippen LogP contribution is -2.25. The second kappa shape index (κ2) is 5.22. The average molecular weight is 255 g/mol. The van der Waals surface area contributed by atoms with Gasteiger partial charge in [0.1, 0.15) is 0 Å². The molecule has 3 heteroatoms. The summed E-state index contributed by atoms with van der Waals surface area (Å²) in [5.41, 5.74) is 3.22. The number of benzene rings is 1. The quantitative estimate of drug-likeness (QED) is 0.791. The summed E-state index contributed by atoms with van der Waals surface area (Å²) < 4.78 is 1.46. The number of carbonyl (C=O) groups is 1. The Morgan fingerprint density at radius 2 is 1.84 bits per heavy atom. The first-order valence-corrected chi connectivity index (χ1v) is 6.25. The third-order valence-electron chi connectivity index (χ3n) is 3.22. The third-order valence-corrected chi connectivity index (χ3v) is 3.22. The van der Waals surface area contributed by atoms with Crippen LogP contribution < -0.4 is 5.56 Å². The average Bonchev–Trinajstić information content (AvgIpc) is 2.38. The number of Topliss-reactive ketones (excluding diaryl/α,β-unsaturated/α-hetero) is 1. The van der Waals surface area contributed by atoms with Gasteiger partial charge in [0, 0.05) is 17.3 Å². The van der Waals surface area contributed by atoms with Crippen LogP contribution in [-0.2, 0) is 6.54 Å². The summed E-state index contributed by atoms with van der Waals surface area (Å²) in [6.45, 7) is 5.70.